The van der Waals surface area contributed by atoms with E-state index < -0.39 is 0 Å². The van der Waals surface area contributed by atoms with Crippen LogP contribution in [0, 0.1) is 5.41 Å². The Hall–Kier alpha value is -1.06. The van der Waals surface area contributed by atoms with Crippen LogP contribution in [0.25, 0.3) is 0 Å². The molecule has 0 aromatic heterocycles. The molecule has 162 valence electrons. The number of piperazine rings is 1. The predicted octanol–water partition coefficient (Wildman–Crippen LogP) is 5.79. The second-order valence-electron chi connectivity index (χ2n) is 10.6. The highest BCUT2D eigenvalue weighted by atomic mass is 16.5. The molecular formula is C26H42N2O. The molecule has 0 bridgehead atoms. The third-order valence-electron chi connectivity index (χ3n) is 7.75. The third kappa shape index (κ3) is 4.66. The van der Waals surface area contributed by atoms with E-state index in [2.05, 4.69) is 55.7 Å². The Balaban J connectivity index is 1.32. The number of anilines is 1. The zero-order valence-electron chi connectivity index (χ0n) is 19.3. The predicted molar refractivity (Wildman–Crippen MR) is 123 cm³/mol. The first-order valence-electron chi connectivity index (χ1n) is 12.2. The molecule has 1 atom stereocenters. The zero-order valence-corrected chi connectivity index (χ0v) is 19.3. The molecule has 2 saturated heterocycles. The van der Waals surface area contributed by atoms with Crippen molar-refractivity contribution in [2.45, 2.75) is 84.2 Å². The maximum Gasteiger partial charge on any atom is 0.0593 e. The molecule has 0 radical (unpaired) electrons. The fraction of sp³-hybridized carbons (Fsp3) is 0.769. The highest BCUT2D eigenvalue weighted by molar-refractivity contribution is 5.62. The maximum absolute atomic E-state index is 6.22. The van der Waals surface area contributed by atoms with E-state index in [-0.39, 0.29) is 0 Å². The average Bonchev–Trinajstić information content (AvgIpc) is 3.35. The summed E-state index contributed by atoms with van der Waals surface area (Å²) in [5.74, 6) is 1.15. The second-order valence-corrected chi connectivity index (χ2v) is 10.6. The third-order valence-corrected chi connectivity index (χ3v) is 7.75. The molecule has 1 spiro atoms. The molecule has 2 heterocycles. The Morgan fingerprint density at radius 1 is 0.966 bits per heavy atom. The van der Waals surface area contributed by atoms with Crippen LogP contribution in [0.3, 0.4) is 0 Å². The molecule has 1 aliphatic carbocycles. The molecule has 3 fully saturated rings. The van der Waals surface area contributed by atoms with E-state index in [1.54, 1.807) is 0 Å². The smallest absolute Gasteiger partial charge is 0.0593 e. The van der Waals surface area contributed by atoms with Gasteiger partial charge in [-0.1, -0.05) is 58.7 Å². The van der Waals surface area contributed by atoms with E-state index in [0.29, 0.717) is 23.4 Å². The van der Waals surface area contributed by atoms with Crippen molar-refractivity contribution in [3.05, 3.63) is 29.3 Å². The van der Waals surface area contributed by atoms with Crippen molar-refractivity contribution in [2.75, 3.05) is 44.2 Å². The summed E-state index contributed by atoms with van der Waals surface area (Å²) in [7, 11) is 0. The minimum atomic E-state index is 0.514. The normalized spacial score (nSPS) is 25.0. The Morgan fingerprint density at radius 3 is 2.17 bits per heavy atom. The number of ether oxygens (including phenoxy) is 1. The van der Waals surface area contributed by atoms with Crippen molar-refractivity contribution in [2.24, 2.45) is 5.41 Å². The Kier molecular flexibility index (Phi) is 6.56. The topological polar surface area (TPSA) is 15.7 Å². The van der Waals surface area contributed by atoms with Crippen molar-refractivity contribution in [1.82, 2.24) is 4.90 Å². The number of hydrogen-bond donors (Lipinski definition) is 0. The van der Waals surface area contributed by atoms with Gasteiger partial charge in [0.2, 0.25) is 0 Å². The minimum Gasteiger partial charge on any atom is -0.378 e. The van der Waals surface area contributed by atoms with Crippen LogP contribution < -0.4 is 4.90 Å². The summed E-state index contributed by atoms with van der Waals surface area (Å²) in [6.45, 7) is 16.2. The number of hydrogen-bond acceptors (Lipinski definition) is 3. The lowest BCUT2D eigenvalue weighted by molar-refractivity contribution is 0.0804. The van der Waals surface area contributed by atoms with Crippen molar-refractivity contribution in [3.8, 4) is 0 Å². The number of rotatable bonds is 6. The van der Waals surface area contributed by atoms with Gasteiger partial charge in [-0.3, -0.25) is 4.90 Å². The van der Waals surface area contributed by atoms with Crippen molar-refractivity contribution in [3.63, 3.8) is 0 Å². The quantitative estimate of drug-likeness (QED) is 0.603. The van der Waals surface area contributed by atoms with Crippen LogP contribution in [-0.4, -0.2) is 50.3 Å². The van der Waals surface area contributed by atoms with E-state index in [9.17, 15) is 0 Å². The zero-order chi connectivity index (χ0) is 20.4. The van der Waals surface area contributed by atoms with Crippen molar-refractivity contribution >= 4 is 5.69 Å². The van der Waals surface area contributed by atoms with Gasteiger partial charge in [0.25, 0.3) is 0 Å². The molecule has 3 aliphatic rings. The van der Waals surface area contributed by atoms with Gasteiger partial charge < -0.3 is 9.64 Å². The van der Waals surface area contributed by atoms with Crippen LogP contribution in [0.1, 0.15) is 89.2 Å². The Bertz CT molecular complexity index is 643. The van der Waals surface area contributed by atoms with Crippen molar-refractivity contribution in [1.29, 1.82) is 0 Å². The summed E-state index contributed by atoms with van der Waals surface area (Å²) < 4.78 is 6.22. The van der Waals surface area contributed by atoms with E-state index in [0.717, 1.165) is 19.7 Å². The van der Waals surface area contributed by atoms with Gasteiger partial charge in [0.1, 0.15) is 0 Å². The molecule has 4 rings (SSSR count). The van der Waals surface area contributed by atoms with Gasteiger partial charge >= 0.3 is 0 Å². The van der Waals surface area contributed by atoms with Gasteiger partial charge in [0.15, 0.2) is 0 Å². The van der Waals surface area contributed by atoms with E-state index in [1.165, 1.54) is 75.0 Å². The summed E-state index contributed by atoms with van der Waals surface area (Å²) in [6, 6.07) is 6.94. The van der Waals surface area contributed by atoms with Crippen LogP contribution in [-0.2, 0) is 4.74 Å². The number of benzene rings is 1. The summed E-state index contributed by atoms with van der Waals surface area (Å²) in [6.07, 6.45) is 8.74. The summed E-state index contributed by atoms with van der Waals surface area (Å²) in [5, 5.41) is 0. The first kappa shape index (κ1) is 21.2. The Labute approximate surface area is 178 Å². The van der Waals surface area contributed by atoms with Gasteiger partial charge in [-0.05, 0) is 54.1 Å². The molecule has 1 unspecified atom stereocenters. The van der Waals surface area contributed by atoms with Crippen LogP contribution in [0.4, 0.5) is 5.69 Å². The SMILES string of the molecule is CC(C)c1cccc(C(C)C)c1N1CCN(CCC2CC3(CCCC3)CO2)CC1. The summed E-state index contributed by atoms with van der Waals surface area (Å²) in [4.78, 5) is 5.34. The maximum atomic E-state index is 6.22. The largest absolute Gasteiger partial charge is 0.378 e. The second kappa shape index (κ2) is 8.98. The first-order chi connectivity index (χ1) is 14.0. The fourth-order valence-corrected chi connectivity index (χ4v) is 5.95. The molecule has 3 nitrogen and oxygen atoms in total. The van der Waals surface area contributed by atoms with Gasteiger partial charge in [0, 0.05) is 38.4 Å². The number of para-hydroxylation sites is 1. The molecular weight excluding hydrogens is 356 g/mol. The molecule has 0 N–H and O–H groups in total. The lowest BCUT2D eigenvalue weighted by Crippen LogP contribution is -2.47. The Morgan fingerprint density at radius 2 is 1.59 bits per heavy atom. The van der Waals surface area contributed by atoms with E-state index in [4.69, 9.17) is 4.74 Å². The molecule has 29 heavy (non-hydrogen) atoms. The number of nitrogens with zero attached hydrogens (tertiary/aromatic N) is 2. The van der Waals surface area contributed by atoms with Gasteiger partial charge in [-0.25, -0.2) is 0 Å². The minimum absolute atomic E-state index is 0.514. The average molecular weight is 399 g/mol. The van der Waals surface area contributed by atoms with Crippen LogP contribution in [0.5, 0.6) is 0 Å². The summed E-state index contributed by atoms with van der Waals surface area (Å²) >= 11 is 0. The summed E-state index contributed by atoms with van der Waals surface area (Å²) in [5.41, 5.74) is 5.13. The highest BCUT2D eigenvalue weighted by Crippen LogP contribution is 2.47. The highest BCUT2D eigenvalue weighted by Gasteiger charge is 2.41. The van der Waals surface area contributed by atoms with Crippen LogP contribution >= 0.6 is 0 Å². The molecule has 2 aliphatic heterocycles. The van der Waals surface area contributed by atoms with Gasteiger partial charge in [0.05, 0.1) is 12.7 Å². The fourth-order valence-electron chi connectivity index (χ4n) is 5.95. The van der Waals surface area contributed by atoms with E-state index >= 15 is 0 Å². The standard InChI is InChI=1S/C26H42N2O/c1-20(2)23-8-7-9-24(21(3)4)25(23)28-16-14-27(15-17-28)13-10-22-18-26(19-29-22)11-5-6-12-26/h7-9,20-22H,5-6,10-19H2,1-4H3. The monoisotopic (exact) mass is 398 g/mol. The first-order valence-corrected chi connectivity index (χ1v) is 12.2. The molecule has 1 saturated carbocycles. The van der Waals surface area contributed by atoms with Crippen LogP contribution in [0.15, 0.2) is 18.2 Å². The molecule has 1 aromatic rings. The molecule has 0 amide bonds. The van der Waals surface area contributed by atoms with Gasteiger partial charge in [-0.15, -0.1) is 0 Å². The van der Waals surface area contributed by atoms with Gasteiger partial charge in [-0.2, -0.15) is 0 Å². The lowest BCUT2D eigenvalue weighted by Gasteiger charge is -2.39. The molecule has 3 heteroatoms. The van der Waals surface area contributed by atoms with Crippen LogP contribution in [0.2, 0.25) is 0 Å². The lowest BCUT2D eigenvalue weighted by atomic mass is 9.83. The molecule has 1 aromatic carbocycles. The van der Waals surface area contributed by atoms with Crippen molar-refractivity contribution < 1.29 is 4.74 Å². The van der Waals surface area contributed by atoms with E-state index in [1.807, 2.05) is 0 Å².